The van der Waals surface area contributed by atoms with Crippen molar-refractivity contribution in [3.63, 3.8) is 0 Å². The SMILES string of the molecule is CN(CCC(O)CO)c1ccc2cc(-c3ccccc3)[nH]c(=O)c2c1. The Balaban J connectivity index is 1.91. The number of nitrogens with one attached hydrogen (secondary N) is 1. The van der Waals surface area contributed by atoms with Crippen molar-refractivity contribution < 1.29 is 10.2 Å². The molecule has 25 heavy (non-hydrogen) atoms. The number of hydrogen-bond acceptors (Lipinski definition) is 4. The molecule has 2 aromatic carbocycles. The fraction of sp³-hybridized carbons (Fsp3) is 0.250. The summed E-state index contributed by atoms with van der Waals surface area (Å²) < 4.78 is 0. The molecule has 1 heterocycles. The van der Waals surface area contributed by atoms with Crippen LogP contribution in [0.3, 0.4) is 0 Å². The molecule has 5 nitrogen and oxygen atoms in total. The highest BCUT2D eigenvalue weighted by molar-refractivity contribution is 5.87. The maximum atomic E-state index is 12.5. The minimum absolute atomic E-state index is 0.123. The third-order valence-electron chi connectivity index (χ3n) is 4.36. The summed E-state index contributed by atoms with van der Waals surface area (Å²) in [6, 6.07) is 17.5. The molecule has 1 unspecified atom stereocenters. The quantitative estimate of drug-likeness (QED) is 0.645. The van der Waals surface area contributed by atoms with Gasteiger partial charge in [-0.2, -0.15) is 0 Å². The lowest BCUT2D eigenvalue weighted by molar-refractivity contribution is 0.0900. The fourth-order valence-corrected chi connectivity index (χ4v) is 2.82. The Hall–Kier alpha value is -2.63. The van der Waals surface area contributed by atoms with E-state index in [0.29, 0.717) is 18.4 Å². The maximum absolute atomic E-state index is 12.5. The zero-order chi connectivity index (χ0) is 17.8. The van der Waals surface area contributed by atoms with Crippen molar-refractivity contribution in [1.82, 2.24) is 4.98 Å². The lowest BCUT2D eigenvalue weighted by atomic mass is 10.1. The molecule has 1 atom stereocenters. The topological polar surface area (TPSA) is 76.6 Å². The number of rotatable bonds is 6. The van der Waals surface area contributed by atoms with Crippen LogP contribution in [-0.2, 0) is 0 Å². The van der Waals surface area contributed by atoms with Crippen LogP contribution in [0.15, 0.2) is 59.4 Å². The second kappa shape index (κ2) is 7.51. The first-order chi connectivity index (χ1) is 12.1. The summed E-state index contributed by atoms with van der Waals surface area (Å²) in [4.78, 5) is 17.4. The number of fused-ring (bicyclic) bond motifs is 1. The van der Waals surface area contributed by atoms with Crippen molar-refractivity contribution >= 4 is 16.5 Å². The van der Waals surface area contributed by atoms with Gasteiger partial charge in [-0.05, 0) is 35.6 Å². The van der Waals surface area contributed by atoms with Gasteiger partial charge < -0.3 is 20.1 Å². The molecule has 3 N–H and O–H groups in total. The molecule has 0 amide bonds. The van der Waals surface area contributed by atoms with Crippen LogP contribution < -0.4 is 10.5 Å². The molecule has 3 aromatic rings. The zero-order valence-electron chi connectivity index (χ0n) is 14.1. The number of aromatic nitrogens is 1. The van der Waals surface area contributed by atoms with E-state index in [1.165, 1.54) is 0 Å². The second-order valence-electron chi connectivity index (χ2n) is 6.20. The number of aliphatic hydroxyl groups is 2. The normalized spacial score (nSPS) is 12.3. The Labute approximate surface area is 146 Å². The number of hydrogen-bond donors (Lipinski definition) is 3. The monoisotopic (exact) mass is 338 g/mol. The van der Waals surface area contributed by atoms with Crippen molar-refractivity contribution in [2.75, 3.05) is 25.1 Å². The van der Waals surface area contributed by atoms with Crippen molar-refractivity contribution in [2.45, 2.75) is 12.5 Å². The first kappa shape index (κ1) is 17.2. The van der Waals surface area contributed by atoms with Gasteiger partial charge in [0.05, 0.1) is 12.7 Å². The zero-order valence-corrected chi connectivity index (χ0v) is 14.1. The Morgan fingerprint density at radius 3 is 2.60 bits per heavy atom. The predicted molar refractivity (Wildman–Crippen MR) is 101 cm³/mol. The van der Waals surface area contributed by atoms with Crippen LogP contribution in [0.5, 0.6) is 0 Å². The van der Waals surface area contributed by atoms with Gasteiger partial charge in [-0.1, -0.05) is 36.4 Å². The molecule has 3 rings (SSSR count). The Kier molecular flexibility index (Phi) is 5.16. The van der Waals surface area contributed by atoms with Gasteiger partial charge in [0.25, 0.3) is 5.56 Å². The predicted octanol–water partition coefficient (Wildman–Crippen LogP) is 2.37. The number of pyridine rings is 1. The standard InChI is InChI=1S/C20H22N2O3/c1-22(10-9-17(24)13-23)16-8-7-15-11-19(14-5-3-2-4-6-14)21-20(25)18(15)12-16/h2-8,11-12,17,23-24H,9-10,13H2,1H3,(H,21,25). The van der Waals surface area contributed by atoms with Gasteiger partial charge in [-0.25, -0.2) is 0 Å². The van der Waals surface area contributed by atoms with E-state index in [1.807, 2.05) is 66.5 Å². The molecular weight excluding hydrogens is 316 g/mol. The summed E-state index contributed by atoms with van der Waals surface area (Å²) in [7, 11) is 1.90. The summed E-state index contributed by atoms with van der Waals surface area (Å²) in [5, 5.41) is 19.9. The van der Waals surface area contributed by atoms with Crippen LogP contribution in [0.2, 0.25) is 0 Å². The molecule has 0 aliphatic heterocycles. The van der Waals surface area contributed by atoms with E-state index in [1.54, 1.807) is 0 Å². The first-order valence-electron chi connectivity index (χ1n) is 8.31. The van der Waals surface area contributed by atoms with E-state index in [0.717, 1.165) is 22.3 Å². The number of benzene rings is 2. The van der Waals surface area contributed by atoms with E-state index in [9.17, 15) is 9.90 Å². The van der Waals surface area contributed by atoms with Gasteiger partial charge in [0.1, 0.15) is 0 Å². The lowest BCUT2D eigenvalue weighted by Crippen LogP contribution is -2.24. The summed E-state index contributed by atoms with van der Waals surface area (Å²) in [6.45, 7) is 0.348. The number of aromatic amines is 1. The van der Waals surface area contributed by atoms with Crippen molar-refractivity contribution in [2.24, 2.45) is 0 Å². The molecule has 1 aromatic heterocycles. The van der Waals surface area contributed by atoms with E-state index < -0.39 is 6.10 Å². The number of anilines is 1. The van der Waals surface area contributed by atoms with Gasteiger partial charge in [0.2, 0.25) is 0 Å². The summed E-state index contributed by atoms with van der Waals surface area (Å²) in [5.41, 5.74) is 2.54. The number of aliphatic hydroxyl groups excluding tert-OH is 2. The third-order valence-corrected chi connectivity index (χ3v) is 4.36. The smallest absolute Gasteiger partial charge is 0.256 e. The maximum Gasteiger partial charge on any atom is 0.256 e. The number of H-pyrrole nitrogens is 1. The van der Waals surface area contributed by atoms with Gasteiger partial charge in [-0.15, -0.1) is 0 Å². The molecule has 0 bridgehead atoms. The van der Waals surface area contributed by atoms with Crippen LogP contribution in [-0.4, -0.2) is 41.5 Å². The van der Waals surface area contributed by atoms with Crippen LogP contribution in [0.1, 0.15) is 6.42 Å². The molecule has 0 spiro atoms. The van der Waals surface area contributed by atoms with Crippen molar-refractivity contribution in [3.05, 3.63) is 65.0 Å². The molecule has 5 heteroatoms. The molecule has 0 aliphatic rings. The Morgan fingerprint density at radius 2 is 1.88 bits per heavy atom. The minimum atomic E-state index is -0.722. The molecule has 0 saturated carbocycles. The van der Waals surface area contributed by atoms with Crippen LogP contribution in [0, 0.1) is 0 Å². The van der Waals surface area contributed by atoms with Crippen LogP contribution >= 0.6 is 0 Å². The molecule has 0 fully saturated rings. The van der Waals surface area contributed by atoms with Crippen molar-refractivity contribution in [3.8, 4) is 11.3 Å². The third kappa shape index (κ3) is 3.90. The van der Waals surface area contributed by atoms with Crippen LogP contribution in [0.25, 0.3) is 22.0 Å². The lowest BCUT2D eigenvalue weighted by Gasteiger charge is -2.21. The highest BCUT2D eigenvalue weighted by Gasteiger charge is 2.09. The average molecular weight is 338 g/mol. The first-order valence-corrected chi connectivity index (χ1v) is 8.31. The van der Waals surface area contributed by atoms with E-state index in [4.69, 9.17) is 5.11 Å². The van der Waals surface area contributed by atoms with E-state index in [2.05, 4.69) is 4.98 Å². The summed E-state index contributed by atoms with van der Waals surface area (Å²) >= 11 is 0. The average Bonchev–Trinajstić information content (AvgIpc) is 2.66. The minimum Gasteiger partial charge on any atom is -0.394 e. The van der Waals surface area contributed by atoms with Gasteiger partial charge in [0, 0.05) is 30.4 Å². The molecular formula is C20H22N2O3. The van der Waals surface area contributed by atoms with E-state index in [-0.39, 0.29) is 12.2 Å². The van der Waals surface area contributed by atoms with Crippen molar-refractivity contribution in [1.29, 1.82) is 0 Å². The van der Waals surface area contributed by atoms with Crippen LogP contribution in [0.4, 0.5) is 5.69 Å². The summed E-state index contributed by atoms with van der Waals surface area (Å²) in [5.74, 6) is 0. The Morgan fingerprint density at radius 1 is 1.12 bits per heavy atom. The molecule has 130 valence electrons. The second-order valence-corrected chi connectivity index (χ2v) is 6.20. The summed E-state index contributed by atoms with van der Waals surface area (Å²) in [6.07, 6.45) is -0.256. The Bertz CT molecular complexity index is 906. The highest BCUT2D eigenvalue weighted by atomic mass is 16.3. The van der Waals surface area contributed by atoms with Gasteiger partial charge in [0.15, 0.2) is 0 Å². The van der Waals surface area contributed by atoms with E-state index >= 15 is 0 Å². The molecule has 0 radical (unpaired) electrons. The number of nitrogens with zero attached hydrogens (tertiary/aromatic N) is 1. The van der Waals surface area contributed by atoms with Gasteiger partial charge >= 0.3 is 0 Å². The molecule has 0 saturated heterocycles. The largest absolute Gasteiger partial charge is 0.394 e. The fourth-order valence-electron chi connectivity index (χ4n) is 2.82. The molecule has 0 aliphatic carbocycles. The van der Waals surface area contributed by atoms with Gasteiger partial charge in [-0.3, -0.25) is 4.79 Å². The highest BCUT2D eigenvalue weighted by Crippen LogP contribution is 2.23.